The van der Waals surface area contributed by atoms with Crippen LogP contribution >= 0.6 is 0 Å². The van der Waals surface area contributed by atoms with E-state index in [4.69, 9.17) is 14.6 Å². The molecule has 4 heteroatoms. The van der Waals surface area contributed by atoms with Gasteiger partial charge in [0.1, 0.15) is 6.10 Å². The molecule has 4 atom stereocenters. The van der Waals surface area contributed by atoms with Gasteiger partial charge < -0.3 is 19.7 Å². The van der Waals surface area contributed by atoms with Crippen LogP contribution in [0.2, 0.25) is 0 Å². The average molecular weight is 162 g/mol. The topological polar surface area (TPSA) is 58.9 Å². The first-order chi connectivity index (χ1) is 5.20. The molecular weight excluding hydrogens is 148 g/mol. The molecule has 1 rings (SSSR count). The maximum atomic E-state index is 9.39. The number of rotatable bonds is 2. The third-order valence-corrected chi connectivity index (χ3v) is 2.07. The summed E-state index contributed by atoms with van der Waals surface area (Å²) in [7, 11) is 1.52. The highest BCUT2D eigenvalue weighted by atomic mass is 16.7. The average Bonchev–Trinajstić information content (AvgIpc) is 2.30. The van der Waals surface area contributed by atoms with Crippen molar-refractivity contribution in [3.63, 3.8) is 0 Å². The zero-order valence-corrected chi connectivity index (χ0v) is 6.73. The molecule has 1 heterocycles. The van der Waals surface area contributed by atoms with Gasteiger partial charge >= 0.3 is 0 Å². The van der Waals surface area contributed by atoms with Crippen LogP contribution in [0.25, 0.3) is 0 Å². The van der Waals surface area contributed by atoms with Crippen LogP contribution in [0.4, 0.5) is 0 Å². The molecule has 0 spiro atoms. The lowest BCUT2D eigenvalue weighted by Gasteiger charge is -2.12. The molecular formula is C7H14O4. The highest BCUT2D eigenvalue weighted by molar-refractivity contribution is 4.83. The second-order valence-electron chi connectivity index (χ2n) is 2.81. The van der Waals surface area contributed by atoms with Gasteiger partial charge in [-0.3, -0.25) is 0 Å². The molecule has 0 saturated carbocycles. The van der Waals surface area contributed by atoms with Gasteiger partial charge in [-0.15, -0.1) is 0 Å². The minimum absolute atomic E-state index is 0.0721. The fraction of sp³-hybridized carbons (Fsp3) is 1.00. The first-order valence-electron chi connectivity index (χ1n) is 3.68. The number of hydrogen-bond donors (Lipinski definition) is 2. The molecule has 4 nitrogen and oxygen atoms in total. The Morgan fingerprint density at radius 1 is 1.55 bits per heavy atom. The van der Waals surface area contributed by atoms with Gasteiger partial charge in [-0.05, 0) is 0 Å². The van der Waals surface area contributed by atoms with Crippen molar-refractivity contribution in [3.05, 3.63) is 0 Å². The van der Waals surface area contributed by atoms with E-state index in [9.17, 15) is 5.11 Å². The summed E-state index contributed by atoms with van der Waals surface area (Å²) >= 11 is 0. The highest BCUT2D eigenvalue weighted by Crippen LogP contribution is 2.26. The summed E-state index contributed by atoms with van der Waals surface area (Å²) < 4.78 is 10.1. The first-order valence-corrected chi connectivity index (χ1v) is 3.68. The van der Waals surface area contributed by atoms with E-state index in [1.165, 1.54) is 7.11 Å². The Balaban J connectivity index is 2.53. The fourth-order valence-corrected chi connectivity index (χ4v) is 1.30. The molecule has 0 aromatic carbocycles. The van der Waals surface area contributed by atoms with Crippen LogP contribution in [0.5, 0.6) is 0 Å². The Morgan fingerprint density at radius 2 is 2.18 bits per heavy atom. The Hall–Kier alpha value is -0.160. The lowest BCUT2D eigenvalue weighted by atomic mass is 10.0. The zero-order chi connectivity index (χ0) is 8.43. The second kappa shape index (κ2) is 3.49. The molecule has 0 bridgehead atoms. The van der Waals surface area contributed by atoms with Crippen molar-refractivity contribution in [1.82, 2.24) is 0 Å². The second-order valence-corrected chi connectivity index (χ2v) is 2.81. The van der Waals surface area contributed by atoms with Gasteiger partial charge in [-0.25, -0.2) is 0 Å². The van der Waals surface area contributed by atoms with Crippen molar-refractivity contribution < 1.29 is 19.7 Å². The van der Waals surface area contributed by atoms with Crippen LogP contribution in [0.3, 0.4) is 0 Å². The van der Waals surface area contributed by atoms with E-state index in [1.54, 1.807) is 0 Å². The molecule has 1 aliphatic rings. The van der Waals surface area contributed by atoms with Gasteiger partial charge in [0.2, 0.25) is 0 Å². The van der Waals surface area contributed by atoms with E-state index < -0.39 is 12.2 Å². The first kappa shape index (κ1) is 8.93. The SMILES string of the molecule is COC1O[C@H](CO)[C@@H](O)[C@@H]1C. The summed E-state index contributed by atoms with van der Waals surface area (Å²) in [5.41, 5.74) is 0. The quantitative estimate of drug-likeness (QED) is 0.566. The standard InChI is InChI=1S/C7H14O4/c1-4-6(9)5(3-8)11-7(4)10-2/h4-9H,3H2,1-2H3/t4-,5+,6-,7?/m0/s1. The molecule has 0 aromatic rings. The van der Waals surface area contributed by atoms with Crippen molar-refractivity contribution in [2.75, 3.05) is 13.7 Å². The van der Waals surface area contributed by atoms with Gasteiger partial charge in [0, 0.05) is 13.0 Å². The van der Waals surface area contributed by atoms with E-state index in [1.807, 2.05) is 6.92 Å². The van der Waals surface area contributed by atoms with Crippen LogP contribution in [0, 0.1) is 5.92 Å². The van der Waals surface area contributed by atoms with Crippen molar-refractivity contribution in [3.8, 4) is 0 Å². The molecule has 0 aliphatic carbocycles. The van der Waals surface area contributed by atoms with Crippen LogP contribution in [-0.4, -0.2) is 42.4 Å². The number of aliphatic hydroxyl groups excluding tert-OH is 2. The van der Waals surface area contributed by atoms with Gasteiger partial charge in [-0.2, -0.15) is 0 Å². The highest BCUT2D eigenvalue weighted by Gasteiger charge is 2.40. The Labute approximate surface area is 65.7 Å². The molecule has 1 fully saturated rings. The van der Waals surface area contributed by atoms with Crippen LogP contribution in [-0.2, 0) is 9.47 Å². The van der Waals surface area contributed by atoms with Gasteiger partial charge in [0.25, 0.3) is 0 Å². The third kappa shape index (κ3) is 1.54. The minimum atomic E-state index is -0.620. The molecule has 0 aromatic heterocycles. The van der Waals surface area contributed by atoms with Crippen LogP contribution in [0.1, 0.15) is 6.92 Å². The van der Waals surface area contributed by atoms with Crippen molar-refractivity contribution in [1.29, 1.82) is 0 Å². The lowest BCUT2D eigenvalue weighted by Crippen LogP contribution is -2.28. The van der Waals surface area contributed by atoms with Crippen LogP contribution < -0.4 is 0 Å². The van der Waals surface area contributed by atoms with E-state index >= 15 is 0 Å². The van der Waals surface area contributed by atoms with Crippen molar-refractivity contribution >= 4 is 0 Å². The number of aliphatic hydroxyl groups is 2. The summed E-state index contributed by atoms with van der Waals surface area (Å²) in [6, 6.07) is 0. The lowest BCUT2D eigenvalue weighted by molar-refractivity contribution is -0.137. The predicted octanol–water partition coefficient (Wildman–Crippen LogP) is -0.653. The zero-order valence-electron chi connectivity index (χ0n) is 6.73. The van der Waals surface area contributed by atoms with E-state index in [0.29, 0.717) is 0 Å². The Morgan fingerprint density at radius 3 is 2.45 bits per heavy atom. The maximum Gasteiger partial charge on any atom is 0.162 e. The smallest absolute Gasteiger partial charge is 0.162 e. The normalized spacial score (nSPS) is 44.7. The van der Waals surface area contributed by atoms with Crippen molar-refractivity contribution in [2.24, 2.45) is 5.92 Å². The fourth-order valence-electron chi connectivity index (χ4n) is 1.30. The number of methoxy groups -OCH3 is 1. The maximum absolute atomic E-state index is 9.39. The molecule has 0 radical (unpaired) electrons. The Kier molecular flexibility index (Phi) is 2.84. The molecule has 11 heavy (non-hydrogen) atoms. The summed E-state index contributed by atoms with van der Waals surface area (Å²) in [5.74, 6) is -0.0721. The molecule has 2 N–H and O–H groups in total. The monoisotopic (exact) mass is 162 g/mol. The van der Waals surface area contributed by atoms with E-state index in [-0.39, 0.29) is 18.8 Å². The van der Waals surface area contributed by atoms with E-state index in [0.717, 1.165) is 0 Å². The minimum Gasteiger partial charge on any atom is -0.394 e. The summed E-state index contributed by atoms with van der Waals surface area (Å²) in [5, 5.41) is 18.1. The summed E-state index contributed by atoms with van der Waals surface area (Å²) in [6.07, 6.45) is -1.50. The Bertz CT molecular complexity index is 110. The summed E-state index contributed by atoms with van der Waals surface area (Å²) in [6.45, 7) is 1.67. The third-order valence-electron chi connectivity index (χ3n) is 2.07. The van der Waals surface area contributed by atoms with Crippen LogP contribution in [0.15, 0.2) is 0 Å². The van der Waals surface area contributed by atoms with Crippen molar-refractivity contribution in [2.45, 2.75) is 25.4 Å². The molecule has 66 valence electrons. The molecule has 1 saturated heterocycles. The van der Waals surface area contributed by atoms with Gasteiger partial charge in [-0.1, -0.05) is 6.92 Å². The molecule has 1 unspecified atom stereocenters. The van der Waals surface area contributed by atoms with E-state index in [2.05, 4.69) is 0 Å². The molecule has 1 aliphatic heterocycles. The molecule has 0 amide bonds. The largest absolute Gasteiger partial charge is 0.394 e. The van der Waals surface area contributed by atoms with Gasteiger partial charge in [0.05, 0.1) is 12.7 Å². The number of hydrogen-bond acceptors (Lipinski definition) is 4. The summed E-state index contributed by atoms with van der Waals surface area (Å²) in [4.78, 5) is 0. The predicted molar refractivity (Wildman–Crippen MR) is 37.9 cm³/mol. The van der Waals surface area contributed by atoms with Gasteiger partial charge in [0.15, 0.2) is 6.29 Å². The number of ether oxygens (including phenoxy) is 2.